The number of hydrogen-bond donors (Lipinski definition) is 4. The zero-order chi connectivity index (χ0) is 41.7. The number of rotatable bonds is 8. The van der Waals surface area contributed by atoms with Gasteiger partial charge in [0, 0.05) is 0 Å². The minimum atomic E-state index is -1.07. The van der Waals surface area contributed by atoms with Crippen LogP contribution >= 0.6 is 0 Å². The van der Waals surface area contributed by atoms with Crippen molar-refractivity contribution >= 4 is 70.2 Å². The van der Waals surface area contributed by atoms with Crippen molar-refractivity contribution in [3.63, 3.8) is 0 Å². The SMILES string of the molecule is O=C(O)c1ccc(-c2c3nc(c(-c4ccc(C(=O)O)cc4)c4ccc([n-]4)c(-c4ccc(C(=O)O)cc4)c4nc(c(-c5ccc(C(=O)O)cc5)c5ccc2[n-]5)C=C4)C=C3)cc1.[Pt+2]. The van der Waals surface area contributed by atoms with E-state index in [9.17, 15) is 39.6 Å². The van der Waals surface area contributed by atoms with Gasteiger partial charge in [0.1, 0.15) is 0 Å². The van der Waals surface area contributed by atoms with E-state index in [1.165, 1.54) is 48.5 Å². The van der Waals surface area contributed by atoms with Crippen LogP contribution in [0.25, 0.3) is 90.9 Å². The van der Waals surface area contributed by atoms with Crippen LogP contribution in [0.15, 0.2) is 121 Å². The molecular weight excluding hydrogens is 956 g/mol. The zero-order valence-corrected chi connectivity index (χ0v) is 33.7. The van der Waals surface area contributed by atoms with E-state index in [0.29, 0.717) is 89.4 Å². The molecule has 2 aliphatic heterocycles. The van der Waals surface area contributed by atoms with E-state index in [1.54, 1.807) is 48.5 Å². The summed E-state index contributed by atoms with van der Waals surface area (Å²) in [5.41, 5.74) is 9.53. The summed E-state index contributed by atoms with van der Waals surface area (Å²) in [5.74, 6) is -4.30. The second-order valence-corrected chi connectivity index (χ2v) is 13.9. The normalized spacial score (nSPS) is 11.5. The summed E-state index contributed by atoms with van der Waals surface area (Å²) in [4.78, 5) is 67.8. The minimum Gasteiger partial charge on any atom is -0.657 e. The minimum absolute atomic E-state index is 0. The first-order valence-corrected chi connectivity index (χ1v) is 18.4. The molecule has 12 nitrogen and oxygen atoms in total. The molecule has 0 radical (unpaired) electrons. The summed E-state index contributed by atoms with van der Waals surface area (Å²) in [5, 5.41) is 38.7. The number of hydrogen-bond acceptors (Lipinski definition) is 6. The van der Waals surface area contributed by atoms with Crippen molar-refractivity contribution in [1.29, 1.82) is 0 Å². The van der Waals surface area contributed by atoms with Crippen LogP contribution in [0.2, 0.25) is 0 Å². The largest absolute Gasteiger partial charge is 2.00 e. The fourth-order valence-electron chi connectivity index (χ4n) is 7.39. The first-order valence-electron chi connectivity index (χ1n) is 18.4. The fourth-order valence-corrected chi connectivity index (χ4v) is 7.39. The van der Waals surface area contributed by atoms with E-state index in [1.807, 2.05) is 48.6 Å². The molecule has 2 aliphatic rings. The Morgan fingerprint density at radius 1 is 0.328 bits per heavy atom. The van der Waals surface area contributed by atoms with Gasteiger partial charge in [-0.15, -0.1) is 22.1 Å². The van der Waals surface area contributed by atoms with Crippen LogP contribution in [-0.4, -0.2) is 54.3 Å². The van der Waals surface area contributed by atoms with E-state index in [2.05, 4.69) is 0 Å². The Kier molecular flexibility index (Phi) is 10.5. The van der Waals surface area contributed by atoms with Crippen LogP contribution in [0.1, 0.15) is 64.2 Å². The third-order valence-electron chi connectivity index (χ3n) is 10.3. The molecule has 298 valence electrons. The molecule has 0 spiro atoms. The molecule has 0 amide bonds. The van der Waals surface area contributed by atoms with Gasteiger partial charge in [0.2, 0.25) is 0 Å². The van der Waals surface area contributed by atoms with E-state index >= 15 is 0 Å². The van der Waals surface area contributed by atoms with Gasteiger partial charge in [0.15, 0.2) is 0 Å². The monoisotopic (exact) mass is 983 g/mol. The van der Waals surface area contributed by atoms with Crippen molar-refractivity contribution in [3.8, 4) is 44.5 Å². The molecule has 3 aromatic heterocycles. The van der Waals surface area contributed by atoms with Crippen LogP contribution in [0.3, 0.4) is 0 Å². The van der Waals surface area contributed by atoms with Crippen molar-refractivity contribution in [2.24, 2.45) is 0 Å². The van der Waals surface area contributed by atoms with Gasteiger partial charge in [-0.05, 0) is 117 Å². The van der Waals surface area contributed by atoms with Crippen LogP contribution in [-0.2, 0) is 21.1 Å². The maximum atomic E-state index is 11.8. The standard InChI is InChI=1S/C48H30N4O8.Pt/c53-45(54)29-9-1-25(2-10-29)41-33-17-19-35(49-33)42(26-3-11-30(12-4-26)46(55)56)37-21-23-39(51-37)44(28-7-15-32(16-8-28)48(59)60)40-24-22-38(52-40)43(36-20-18-34(41)50-36)27-5-13-31(14-6-27)47(57)58;/h1-24H,(H6,49,50,51,52,53,54,55,56,57,58,59,60);/q;+2/p-2. The van der Waals surface area contributed by atoms with Crippen molar-refractivity contribution in [3.05, 3.63) is 166 Å². The van der Waals surface area contributed by atoms with Crippen molar-refractivity contribution in [1.82, 2.24) is 19.9 Å². The molecular formula is C48H28N4O8Pt. The molecule has 7 aromatic rings. The molecule has 0 saturated heterocycles. The van der Waals surface area contributed by atoms with Gasteiger partial charge < -0.3 is 30.4 Å². The van der Waals surface area contributed by atoms with Gasteiger partial charge in [-0.2, -0.15) is 0 Å². The number of aromatic nitrogens is 4. The smallest absolute Gasteiger partial charge is 0.657 e. The second kappa shape index (κ2) is 16.0. The average molecular weight is 984 g/mol. The number of carbonyl (C=O) groups is 4. The third kappa shape index (κ3) is 7.48. The number of nitrogens with zero attached hydrogens (tertiary/aromatic N) is 4. The molecule has 61 heavy (non-hydrogen) atoms. The van der Waals surface area contributed by atoms with E-state index in [0.717, 1.165) is 0 Å². The number of benzene rings is 4. The quantitative estimate of drug-likeness (QED) is 0.113. The molecule has 0 unspecified atom stereocenters. The number of fused-ring (bicyclic) bond motifs is 8. The summed E-state index contributed by atoms with van der Waals surface area (Å²) in [6.45, 7) is 0. The molecule has 4 aromatic carbocycles. The predicted molar refractivity (Wildman–Crippen MR) is 226 cm³/mol. The third-order valence-corrected chi connectivity index (χ3v) is 10.3. The molecule has 0 atom stereocenters. The summed E-state index contributed by atoms with van der Waals surface area (Å²) in [7, 11) is 0. The Balaban J connectivity index is 0.00000514. The maximum Gasteiger partial charge on any atom is 2.00 e. The Labute approximate surface area is 360 Å². The van der Waals surface area contributed by atoms with Gasteiger partial charge in [-0.1, -0.05) is 72.8 Å². The van der Waals surface area contributed by atoms with Crippen LogP contribution in [0.5, 0.6) is 0 Å². The van der Waals surface area contributed by atoms with Crippen LogP contribution in [0, 0.1) is 0 Å². The van der Waals surface area contributed by atoms with Crippen LogP contribution < -0.4 is 9.97 Å². The van der Waals surface area contributed by atoms with Crippen molar-refractivity contribution < 1.29 is 60.7 Å². The van der Waals surface area contributed by atoms with Gasteiger partial charge in [-0.25, -0.2) is 29.1 Å². The van der Waals surface area contributed by atoms with Gasteiger partial charge in [0.25, 0.3) is 0 Å². The summed E-state index contributed by atoms with van der Waals surface area (Å²) in [6.07, 6.45) is 7.33. The maximum absolute atomic E-state index is 11.8. The number of carboxylic acid groups (broad SMARTS) is 4. The molecule has 5 heterocycles. The molecule has 4 N–H and O–H groups in total. The first-order chi connectivity index (χ1) is 29.0. The van der Waals surface area contributed by atoms with Gasteiger partial charge in [-0.3, -0.25) is 0 Å². The van der Waals surface area contributed by atoms with Crippen molar-refractivity contribution in [2.75, 3.05) is 0 Å². The zero-order valence-electron chi connectivity index (χ0n) is 31.4. The van der Waals surface area contributed by atoms with Crippen molar-refractivity contribution in [2.45, 2.75) is 0 Å². The predicted octanol–water partition coefficient (Wildman–Crippen LogP) is 9.37. The Hall–Kier alpha value is -7.95. The molecule has 13 heteroatoms. The van der Waals surface area contributed by atoms with Gasteiger partial charge >= 0.3 is 44.9 Å². The number of carboxylic acids is 4. The topological polar surface area (TPSA) is 203 Å². The Bertz CT molecular complexity index is 2760. The Morgan fingerprint density at radius 3 is 0.705 bits per heavy atom. The molecule has 0 aliphatic carbocycles. The van der Waals surface area contributed by atoms with Crippen LogP contribution in [0.4, 0.5) is 0 Å². The van der Waals surface area contributed by atoms with Gasteiger partial charge in [0.05, 0.1) is 45.0 Å². The van der Waals surface area contributed by atoms with E-state index < -0.39 is 23.9 Å². The molecule has 0 saturated carbocycles. The van der Waals surface area contributed by atoms with E-state index in [4.69, 9.17) is 19.9 Å². The first kappa shape index (κ1) is 39.9. The average Bonchev–Trinajstić information content (AvgIpc) is 4.10. The summed E-state index contributed by atoms with van der Waals surface area (Å²) in [6, 6.07) is 33.0. The molecule has 8 bridgehead atoms. The second-order valence-electron chi connectivity index (χ2n) is 13.9. The molecule has 9 rings (SSSR count). The van der Waals surface area contributed by atoms with E-state index in [-0.39, 0.29) is 43.3 Å². The molecule has 0 fully saturated rings. The fraction of sp³-hybridized carbons (Fsp3) is 0. The summed E-state index contributed by atoms with van der Waals surface area (Å²) >= 11 is 0. The Morgan fingerprint density at radius 2 is 0.525 bits per heavy atom. The summed E-state index contributed by atoms with van der Waals surface area (Å²) < 4.78 is 0. The number of aromatic carboxylic acids is 4.